The molecule has 0 amide bonds. The van der Waals surface area contributed by atoms with Crippen LogP contribution < -0.4 is 0 Å². The molecule has 0 aliphatic heterocycles. The Hall–Kier alpha value is -13.0. The molecule has 18 aromatic rings. The van der Waals surface area contributed by atoms with Crippen LogP contribution in [0, 0.1) is 62.3 Å². The molecule has 0 saturated carbocycles. The van der Waals surface area contributed by atoms with Crippen LogP contribution in [0.1, 0.15) is 175 Å². The van der Waals surface area contributed by atoms with Crippen molar-refractivity contribution in [2.45, 2.75) is 187 Å². The standard InChI is InChI=1S/9C9H8N2.9C2H6/c1-7-2-5-11-9-3-4-10-6-8(7)9;1-7-2-5-11-9-6-10-4-3-8(7)9;1-7-4-11-6-8-5-10-3-2-9(7)8;1-7-4-11-5-8-2-3-10-6-9(7)8;1-7-9-8(4-6-10-7)3-2-5-11-9;1-7-4-6-10-8-3-2-5-11-9(7)8;1-7-4-6-11-9-8(7)3-2-5-10-9;1-7-5-10-6-9-8(7)3-2-4-11-9;1-7-5-10-6-8-3-2-4-11-9(7)8;9*1-2/h9*2-6H,1H3;9*1-2H3. The van der Waals surface area contributed by atoms with Gasteiger partial charge in [0.05, 0.1) is 56.7 Å². The molecule has 0 aliphatic rings. The van der Waals surface area contributed by atoms with Crippen LogP contribution >= 0.6 is 0 Å². The number of nitrogens with zero attached hydrogens (tertiary/aromatic N) is 18. The van der Waals surface area contributed by atoms with Gasteiger partial charge in [-0.15, -0.1) is 0 Å². The number of hydrogen-bond donors (Lipinski definition) is 0. The molecule has 0 saturated heterocycles. The summed E-state index contributed by atoms with van der Waals surface area (Å²) in [4.78, 5) is 74.2. The molecule has 0 fully saturated rings. The molecular weight excluding hydrogens is 1440 g/mol. The minimum atomic E-state index is 0.826. The van der Waals surface area contributed by atoms with Crippen molar-refractivity contribution in [3.63, 3.8) is 0 Å². The molecule has 0 aliphatic carbocycles. The molecule has 0 N–H and O–H groups in total. The van der Waals surface area contributed by atoms with Gasteiger partial charge in [0, 0.05) is 197 Å². The van der Waals surface area contributed by atoms with Crippen molar-refractivity contribution in [3.8, 4) is 0 Å². The SMILES string of the molecule is CC.CC.CC.CC.CC.CC.CC.CC.CC.Cc1ccnc2cccnc12.Cc1ccnc2ccncc12.Cc1ccnc2cnccc12.Cc1ccnc2ncccc12.Cc1cncc2cccnc12.Cc1cncc2ccncc12.Cc1cncc2cnccc12.Cc1cncc2ncccc12.Cc1nccc2cccnc12. The van der Waals surface area contributed by atoms with Crippen LogP contribution in [0.2, 0.25) is 0 Å². The summed E-state index contributed by atoms with van der Waals surface area (Å²) in [5, 5.41) is 11.6. The predicted octanol–water partition coefficient (Wildman–Crippen LogP) is 26.7. The quantitative estimate of drug-likeness (QED) is 0.137. The number of aromatic nitrogens is 18. The van der Waals surface area contributed by atoms with Gasteiger partial charge in [0.2, 0.25) is 0 Å². The van der Waals surface area contributed by atoms with Gasteiger partial charge in [-0.25, -0.2) is 9.97 Å². The van der Waals surface area contributed by atoms with E-state index in [0.29, 0.717) is 0 Å². The number of hydrogen-bond acceptors (Lipinski definition) is 18. The van der Waals surface area contributed by atoms with Crippen LogP contribution in [0.15, 0.2) is 276 Å². The van der Waals surface area contributed by atoms with Crippen molar-refractivity contribution in [3.05, 3.63) is 327 Å². The highest BCUT2D eigenvalue weighted by atomic mass is 14.8. The number of fused-ring (bicyclic) bond motifs is 9. The normalized spacial score (nSPS) is 9.15. The number of rotatable bonds is 0. The Labute approximate surface area is 697 Å². The van der Waals surface area contributed by atoms with E-state index in [-0.39, 0.29) is 0 Å². The summed E-state index contributed by atoms with van der Waals surface area (Å²) in [7, 11) is 0. The molecule has 18 aromatic heterocycles. The lowest BCUT2D eigenvalue weighted by molar-refractivity contribution is 1.20. The third-order valence-electron chi connectivity index (χ3n) is 15.6. The Bertz CT molecular complexity index is 4500. The molecule has 0 spiro atoms. The van der Waals surface area contributed by atoms with Crippen molar-refractivity contribution in [1.29, 1.82) is 0 Å². The second-order valence-electron chi connectivity index (χ2n) is 22.7. The monoisotopic (exact) mass is 1570 g/mol. The minimum Gasteiger partial charge on any atom is -0.264 e. The van der Waals surface area contributed by atoms with Crippen LogP contribution in [0.3, 0.4) is 0 Å². The van der Waals surface area contributed by atoms with E-state index >= 15 is 0 Å². The minimum absolute atomic E-state index is 0.826. The van der Waals surface area contributed by atoms with Gasteiger partial charge in [0.1, 0.15) is 0 Å². The molecular formula is C99H126N18. The third-order valence-corrected chi connectivity index (χ3v) is 15.6. The highest BCUT2D eigenvalue weighted by molar-refractivity contribution is 5.86. The van der Waals surface area contributed by atoms with Gasteiger partial charge in [0.25, 0.3) is 0 Å². The Morgan fingerprint density at radius 3 is 1.09 bits per heavy atom. The third kappa shape index (κ3) is 33.9. The van der Waals surface area contributed by atoms with E-state index in [4.69, 9.17) is 0 Å². The van der Waals surface area contributed by atoms with Gasteiger partial charge in [-0.05, 0) is 215 Å². The molecule has 18 rings (SSSR count). The van der Waals surface area contributed by atoms with Crippen molar-refractivity contribution >= 4 is 98.1 Å². The summed E-state index contributed by atoms with van der Waals surface area (Å²) in [6.45, 7) is 54.3. The topological polar surface area (TPSA) is 232 Å². The molecule has 0 radical (unpaired) electrons. The largest absolute Gasteiger partial charge is 0.264 e. The van der Waals surface area contributed by atoms with Gasteiger partial charge >= 0.3 is 0 Å². The molecule has 0 bridgehead atoms. The van der Waals surface area contributed by atoms with Crippen molar-refractivity contribution in [2.24, 2.45) is 0 Å². The zero-order chi connectivity index (χ0) is 87.1. The summed E-state index contributed by atoms with van der Waals surface area (Å²) in [5.74, 6) is 0. The lowest BCUT2D eigenvalue weighted by Gasteiger charge is -1.97. The first-order valence-electron chi connectivity index (χ1n) is 40.8. The summed E-state index contributed by atoms with van der Waals surface area (Å²) in [6.07, 6.45) is 47.1. The fourth-order valence-electron chi connectivity index (χ4n) is 10.2. The van der Waals surface area contributed by atoms with E-state index in [1.807, 2.05) is 337 Å². The van der Waals surface area contributed by atoms with Crippen molar-refractivity contribution in [1.82, 2.24) is 89.7 Å². The van der Waals surface area contributed by atoms with Crippen LogP contribution in [0.25, 0.3) is 98.1 Å². The Kier molecular flexibility index (Phi) is 54.5. The molecule has 0 aromatic carbocycles. The molecule has 18 nitrogen and oxygen atoms in total. The van der Waals surface area contributed by atoms with Crippen LogP contribution in [0.4, 0.5) is 0 Å². The second-order valence-corrected chi connectivity index (χ2v) is 22.7. The van der Waals surface area contributed by atoms with E-state index < -0.39 is 0 Å². The highest BCUT2D eigenvalue weighted by Crippen LogP contribution is 2.20. The van der Waals surface area contributed by atoms with Crippen LogP contribution in [-0.2, 0) is 0 Å². The Morgan fingerprint density at radius 2 is 0.521 bits per heavy atom. The average Bonchev–Trinajstić information content (AvgIpc) is 0.923. The van der Waals surface area contributed by atoms with Gasteiger partial charge < -0.3 is 0 Å². The van der Waals surface area contributed by atoms with E-state index in [1.54, 1.807) is 93.0 Å². The molecule has 117 heavy (non-hydrogen) atoms. The maximum atomic E-state index is 4.24. The first kappa shape index (κ1) is 102. The van der Waals surface area contributed by atoms with E-state index in [1.165, 1.54) is 60.5 Å². The van der Waals surface area contributed by atoms with Gasteiger partial charge in [-0.2, -0.15) is 0 Å². The maximum Gasteiger partial charge on any atom is 0.159 e. The first-order chi connectivity index (χ1) is 57.4. The molecule has 612 valence electrons. The zero-order valence-corrected chi connectivity index (χ0v) is 74.5. The van der Waals surface area contributed by atoms with Crippen molar-refractivity contribution in [2.75, 3.05) is 0 Å². The van der Waals surface area contributed by atoms with Gasteiger partial charge in [-0.3, -0.25) is 79.7 Å². The van der Waals surface area contributed by atoms with Crippen molar-refractivity contribution < 1.29 is 0 Å². The Balaban J connectivity index is 0.000000642. The lowest BCUT2D eigenvalue weighted by Crippen LogP contribution is -1.84. The number of aryl methyl sites for hydroxylation is 9. The molecule has 0 unspecified atom stereocenters. The summed E-state index contributed by atoms with van der Waals surface area (Å²) in [5.41, 5.74) is 18.3. The predicted molar refractivity (Wildman–Crippen MR) is 501 cm³/mol. The second kappa shape index (κ2) is 62.5. The number of pyridine rings is 18. The first-order valence-corrected chi connectivity index (χ1v) is 40.8. The highest BCUT2D eigenvalue weighted by Gasteiger charge is 2.02. The van der Waals surface area contributed by atoms with E-state index in [9.17, 15) is 0 Å². The van der Waals surface area contributed by atoms with E-state index in [2.05, 4.69) is 123 Å². The average molecular weight is 1570 g/mol. The fraction of sp³-hybridized carbons (Fsp3) is 0.273. The summed E-state index contributed by atoms with van der Waals surface area (Å²) < 4.78 is 0. The van der Waals surface area contributed by atoms with Gasteiger partial charge in [0.15, 0.2) is 5.65 Å². The van der Waals surface area contributed by atoms with Crippen LogP contribution in [-0.4, -0.2) is 89.7 Å². The maximum absolute atomic E-state index is 4.24. The van der Waals surface area contributed by atoms with Crippen LogP contribution in [0.5, 0.6) is 0 Å². The van der Waals surface area contributed by atoms with Gasteiger partial charge in [-0.1, -0.05) is 137 Å². The molecule has 0 atom stereocenters. The molecule has 18 heteroatoms. The lowest BCUT2D eigenvalue weighted by atomic mass is 10.1. The summed E-state index contributed by atoms with van der Waals surface area (Å²) >= 11 is 0. The Morgan fingerprint density at radius 1 is 0.162 bits per heavy atom. The van der Waals surface area contributed by atoms with E-state index in [0.717, 1.165) is 87.8 Å². The zero-order valence-electron chi connectivity index (χ0n) is 74.5. The molecule has 18 heterocycles. The fourth-order valence-corrected chi connectivity index (χ4v) is 10.2. The smallest absolute Gasteiger partial charge is 0.159 e. The summed E-state index contributed by atoms with van der Waals surface area (Å²) in [6, 6.07) is 37.5.